The van der Waals surface area contributed by atoms with Crippen molar-refractivity contribution in [2.75, 3.05) is 31.6 Å². The van der Waals surface area contributed by atoms with E-state index in [1.54, 1.807) is 30.2 Å². The minimum Gasteiger partial charge on any atom is -0.496 e. The molecule has 3 amide bonds. The molecule has 0 aliphatic carbocycles. The van der Waals surface area contributed by atoms with Crippen LogP contribution in [0.2, 0.25) is 5.02 Å². The van der Waals surface area contributed by atoms with Crippen molar-refractivity contribution < 1.29 is 19.1 Å². The number of rotatable bonds is 4. The Morgan fingerprint density at radius 1 is 1.19 bits per heavy atom. The second-order valence-electron chi connectivity index (χ2n) is 8.22. The number of piperidine rings is 1. The number of ether oxygens (including phenoxy) is 2. The zero-order chi connectivity index (χ0) is 22.7. The molecule has 0 saturated carbocycles. The highest BCUT2D eigenvalue weighted by atomic mass is 35.5. The number of hydrogen-bond donors (Lipinski definition) is 1. The third kappa shape index (κ3) is 4.78. The Morgan fingerprint density at radius 2 is 1.94 bits per heavy atom. The summed E-state index contributed by atoms with van der Waals surface area (Å²) >= 11 is 6.16. The molecule has 4 rings (SSSR count). The molecule has 2 heterocycles. The maximum Gasteiger partial charge on any atom is 0.324 e. The van der Waals surface area contributed by atoms with Gasteiger partial charge >= 0.3 is 6.03 Å². The van der Waals surface area contributed by atoms with Crippen LogP contribution in [-0.2, 0) is 11.3 Å². The van der Waals surface area contributed by atoms with Crippen molar-refractivity contribution in [3.05, 3.63) is 53.1 Å². The molecule has 170 valence electrons. The topological polar surface area (TPSA) is 71.1 Å². The lowest BCUT2D eigenvalue weighted by atomic mass is 9.96. The number of likely N-dealkylation sites (tertiary alicyclic amines) is 1. The maximum absolute atomic E-state index is 13.3. The van der Waals surface area contributed by atoms with Gasteiger partial charge < -0.3 is 19.7 Å². The summed E-state index contributed by atoms with van der Waals surface area (Å²) in [4.78, 5) is 29.5. The molecular formula is C24H28ClN3O4. The van der Waals surface area contributed by atoms with Gasteiger partial charge in [-0.25, -0.2) is 4.79 Å². The van der Waals surface area contributed by atoms with E-state index in [4.69, 9.17) is 21.1 Å². The summed E-state index contributed by atoms with van der Waals surface area (Å²) in [7, 11) is 1.62. The maximum atomic E-state index is 13.3. The van der Waals surface area contributed by atoms with Gasteiger partial charge in [0.25, 0.3) is 0 Å². The number of anilines is 1. The van der Waals surface area contributed by atoms with E-state index in [1.165, 1.54) is 0 Å². The van der Waals surface area contributed by atoms with E-state index in [-0.39, 0.29) is 24.0 Å². The third-order valence-electron chi connectivity index (χ3n) is 5.99. The smallest absolute Gasteiger partial charge is 0.324 e. The lowest BCUT2D eigenvalue weighted by Crippen LogP contribution is -2.52. The zero-order valence-electron chi connectivity index (χ0n) is 18.3. The first-order valence-corrected chi connectivity index (χ1v) is 11.3. The molecule has 2 aromatic carbocycles. The molecule has 8 heteroatoms. The van der Waals surface area contributed by atoms with E-state index >= 15 is 0 Å². The average molecular weight is 458 g/mol. The number of fused-ring (bicyclic) bond motifs is 1. The molecule has 1 saturated heterocycles. The molecule has 32 heavy (non-hydrogen) atoms. The molecule has 0 radical (unpaired) electrons. The number of amides is 3. The van der Waals surface area contributed by atoms with Gasteiger partial charge in [0.05, 0.1) is 19.3 Å². The fourth-order valence-corrected chi connectivity index (χ4v) is 4.44. The number of benzene rings is 2. The Kier molecular flexibility index (Phi) is 6.74. The highest BCUT2D eigenvalue weighted by Crippen LogP contribution is 2.36. The normalized spacial score (nSPS) is 18.5. The SMILES string of the molecule is COc1ccccc1CNC(=O)C1CCN(C(=O)N2CC(C)Oc3ccc(Cl)cc32)CC1. The summed E-state index contributed by atoms with van der Waals surface area (Å²) in [5.74, 6) is 1.32. The van der Waals surface area contributed by atoms with E-state index in [2.05, 4.69) is 5.32 Å². The lowest BCUT2D eigenvalue weighted by Gasteiger charge is -2.39. The van der Waals surface area contributed by atoms with Gasteiger partial charge in [0.15, 0.2) is 0 Å². The Morgan fingerprint density at radius 3 is 2.69 bits per heavy atom. The molecule has 2 aliphatic rings. The van der Waals surface area contributed by atoms with Gasteiger partial charge in [-0.1, -0.05) is 29.8 Å². The second kappa shape index (κ2) is 9.69. The van der Waals surface area contributed by atoms with Crippen LogP contribution in [0.15, 0.2) is 42.5 Å². The van der Waals surface area contributed by atoms with Crippen LogP contribution in [0.5, 0.6) is 11.5 Å². The summed E-state index contributed by atoms with van der Waals surface area (Å²) in [6, 6.07) is 12.9. The van der Waals surface area contributed by atoms with E-state index < -0.39 is 0 Å². The number of carbonyl (C=O) groups excluding carboxylic acids is 2. The monoisotopic (exact) mass is 457 g/mol. The lowest BCUT2D eigenvalue weighted by molar-refractivity contribution is -0.126. The van der Waals surface area contributed by atoms with Gasteiger partial charge in [-0.05, 0) is 44.0 Å². The van der Waals surface area contributed by atoms with Gasteiger partial charge in [-0.3, -0.25) is 9.69 Å². The Labute approximate surface area is 193 Å². The van der Waals surface area contributed by atoms with E-state index in [0.717, 1.165) is 11.3 Å². The third-order valence-corrected chi connectivity index (χ3v) is 6.23. The highest BCUT2D eigenvalue weighted by molar-refractivity contribution is 6.31. The predicted octanol–water partition coefficient (Wildman–Crippen LogP) is 4.08. The van der Waals surface area contributed by atoms with Crippen molar-refractivity contribution in [1.82, 2.24) is 10.2 Å². The van der Waals surface area contributed by atoms with Crippen molar-refractivity contribution in [1.29, 1.82) is 0 Å². The Bertz CT molecular complexity index is 991. The van der Waals surface area contributed by atoms with Crippen LogP contribution < -0.4 is 19.7 Å². The number of nitrogens with zero attached hydrogens (tertiary/aromatic N) is 2. The average Bonchev–Trinajstić information content (AvgIpc) is 2.82. The quantitative estimate of drug-likeness (QED) is 0.750. The van der Waals surface area contributed by atoms with E-state index in [1.807, 2.05) is 36.1 Å². The van der Waals surface area contributed by atoms with Crippen LogP contribution in [0.3, 0.4) is 0 Å². The molecule has 1 unspecified atom stereocenters. The van der Waals surface area contributed by atoms with E-state index in [9.17, 15) is 9.59 Å². The van der Waals surface area contributed by atoms with Crippen LogP contribution in [-0.4, -0.2) is 49.7 Å². The minimum atomic E-state index is -0.112. The van der Waals surface area contributed by atoms with Crippen molar-refractivity contribution >= 4 is 29.2 Å². The molecule has 2 aliphatic heterocycles. The molecular weight excluding hydrogens is 430 g/mol. The standard InChI is InChI=1S/C24H28ClN3O4/c1-16-15-28(20-13-19(25)7-8-22(20)32-16)24(30)27-11-9-17(10-12-27)23(29)26-14-18-5-3-4-6-21(18)31-2/h3-8,13,16-17H,9-12,14-15H2,1-2H3,(H,26,29). The number of carbonyl (C=O) groups is 2. The minimum absolute atomic E-state index is 0.0140. The van der Waals surface area contributed by atoms with Crippen LogP contribution in [0, 0.1) is 5.92 Å². The molecule has 1 N–H and O–H groups in total. The molecule has 1 fully saturated rings. The number of halogens is 1. The van der Waals surface area contributed by atoms with Gasteiger partial charge in [0.2, 0.25) is 5.91 Å². The predicted molar refractivity (Wildman–Crippen MR) is 123 cm³/mol. The first-order valence-electron chi connectivity index (χ1n) is 10.9. The summed E-state index contributed by atoms with van der Waals surface area (Å²) in [6.45, 7) is 3.90. The fourth-order valence-electron chi connectivity index (χ4n) is 4.27. The van der Waals surface area contributed by atoms with Gasteiger partial charge in [0, 0.05) is 36.1 Å². The summed E-state index contributed by atoms with van der Waals surface area (Å²) < 4.78 is 11.2. The van der Waals surface area contributed by atoms with Crippen molar-refractivity contribution in [2.45, 2.75) is 32.4 Å². The van der Waals surface area contributed by atoms with Crippen molar-refractivity contribution in [3.8, 4) is 11.5 Å². The first kappa shape index (κ1) is 22.3. The number of para-hydroxylation sites is 1. The summed E-state index contributed by atoms with van der Waals surface area (Å²) in [6.07, 6.45) is 1.16. The number of urea groups is 1. The molecule has 1 atom stereocenters. The highest BCUT2D eigenvalue weighted by Gasteiger charge is 2.34. The largest absolute Gasteiger partial charge is 0.496 e. The number of methoxy groups -OCH3 is 1. The molecule has 2 aromatic rings. The first-order chi connectivity index (χ1) is 15.5. The van der Waals surface area contributed by atoms with Crippen molar-refractivity contribution in [3.63, 3.8) is 0 Å². The molecule has 7 nitrogen and oxygen atoms in total. The fraction of sp³-hybridized carbons (Fsp3) is 0.417. The Balaban J connectivity index is 1.34. The van der Waals surface area contributed by atoms with Crippen LogP contribution in [0.4, 0.5) is 10.5 Å². The molecule has 0 aromatic heterocycles. The Hall–Kier alpha value is -2.93. The van der Waals surface area contributed by atoms with Gasteiger partial charge in [-0.2, -0.15) is 0 Å². The van der Waals surface area contributed by atoms with Crippen LogP contribution >= 0.6 is 11.6 Å². The van der Waals surface area contributed by atoms with Crippen LogP contribution in [0.25, 0.3) is 0 Å². The zero-order valence-corrected chi connectivity index (χ0v) is 19.1. The van der Waals surface area contributed by atoms with Crippen LogP contribution in [0.1, 0.15) is 25.3 Å². The number of nitrogens with one attached hydrogen (secondary N) is 1. The summed E-state index contributed by atoms with van der Waals surface area (Å²) in [5, 5.41) is 3.57. The molecule has 0 spiro atoms. The molecule has 0 bridgehead atoms. The van der Waals surface area contributed by atoms with Crippen molar-refractivity contribution in [2.24, 2.45) is 5.92 Å². The summed E-state index contributed by atoms with van der Waals surface area (Å²) in [5.41, 5.74) is 1.63. The second-order valence-corrected chi connectivity index (χ2v) is 8.66. The van der Waals surface area contributed by atoms with E-state index in [0.29, 0.717) is 55.5 Å². The number of hydrogen-bond acceptors (Lipinski definition) is 4. The van der Waals surface area contributed by atoms with Gasteiger partial charge in [0.1, 0.15) is 17.6 Å². The van der Waals surface area contributed by atoms with Gasteiger partial charge in [-0.15, -0.1) is 0 Å².